The molecule has 96 valence electrons. The summed E-state index contributed by atoms with van der Waals surface area (Å²) in [6, 6.07) is 4.35. The van der Waals surface area contributed by atoms with Crippen molar-refractivity contribution in [2.24, 2.45) is 5.92 Å². The van der Waals surface area contributed by atoms with Crippen molar-refractivity contribution < 1.29 is 19.6 Å². The van der Waals surface area contributed by atoms with Gasteiger partial charge < -0.3 is 9.84 Å². The van der Waals surface area contributed by atoms with Crippen LogP contribution in [-0.2, 0) is 9.53 Å². The Morgan fingerprint density at radius 2 is 2.33 bits per heavy atom. The molecular formula is C12H13NO5. The fourth-order valence-corrected chi connectivity index (χ4v) is 2.04. The fourth-order valence-electron chi connectivity index (χ4n) is 2.04. The van der Waals surface area contributed by atoms with Gasteiger partial charge in [-0.05, 0) is 13.3 Å². The Morgan fingerprint density at radius 3 is 2.94 bits per heavy atom. The first-order valence-corrected chi connectivity index (χ1v) is 5.69. The van der Waals surface area contributed by atoms with Gasteiger partial charge in [-0.2, -0.15) is 0 Å². The molecule has 1 aliphatic rings. The quantitative estimate of drug-likeness (QED) is 0.502. The van der Waals surface area contributed by atoms with Crippen molar-refractivity contribution in [1.29, 1.82) is 0 Å². The Labute approximate surface area is 103 Å². The second-order valence-corrected chi connectivity index (χ2v) is 4.17. The van der Waals surface area contributed by atoms with Gasteiger partial charge in [-0.1, -0.05) is 12.1 Å². The lowest BCUT2D eigenvalue weighted by Gasteiger charge is -2.04. The number of hydrogen-bond donors (Lipinski definition) is 1. The van der Waals surface area contributed by atoms with Gasteiger partial charge in [0.15, 0.2) is 5.75 Å². The molecule has 1 fully saturated rings. The summed E-state index contributed by atoms with van der Waals surface area (Å²) in [6.45, 7) is 2.03. The van der Waals surface area contributed by atoms with E-state index in [0.717, 1.165) is 0 Å². The molecule has 0 aliphatic heterocycles. The topological polar surface area (TPSA) is 89.7 Å². The van der Waals surface area contributed by atoms with E-state index in [1.807, 2.05) is 0 Å². The van der Waals surface area contributed by atoms with Crippen LogP contribution in [0.15, 0.2) is 18.2 Å². The van der Waals surface area contributed by atoms with Gasteiger partial charge in [0.05, 0.1) is 17.4 Å². The van der Waals surface area contributed by atoms with E-state index in [1.165, 1.54) is 12.1 Å². The number of phenols is 1. The Balaban J connectivity index is 2.19. The van der Waals surface area contributed by atoms with Crippen LogP contribution < -0.4 is 0 Å². The highest BCUT2D eigenvalue weighted by Crippen LogP contribution is 2.52. The predicted octanol–water partition coefficient (Wildman–Crippen LogP) is 1.97. The second kappa shape index (κ2) is 4.64. The van der Waals surface area contributed by atoms with E-state index < -0.39 is 4.92 Å². The van der Waals surface area contributed by atoms with Crippen LogP contribution in [0.3, 0.4) is 0 Å². The number of nitro groups is 1. The van der Waals surface area contributed by atoms with E-state index in [1.54, 1.807) is 13.0 Å². The number of nitro benzene ring substituents is 1. The molecule has 0 bridgehead atoms. The number of ether oxygens (including phenoxy) is 1. The number of hydrogen-bond acceptors (Lipinski definition) is 5. The molecule has 2 unspecified atom stereocenters. The molecule has 6 heteroatoms. The molecule has 1 aromatic carbocycles. The standard InChI is InChI=1S/C12H13NO5/c1-2-18-12(15)9-6-8(9)7-4-3-5-10(11(7)14)13(16)17/h3-5,8-9,14H,2,6H2,1H3. The fraction of sp³-hybridized carbons (Fsp3) is 0.417. The third-order valence-electron chi connectivity index (χ3n) is 3.02. The molecular weight excluding hydrogens is 238 g/mol. The first kappa shape index (κ1) is 12.3. The highest BCUT2D eigenvalue weighted by atomic mass is 16.6. The molecule has 1 aliphatic carbocycles. The lowest BCUT2D eigenvalue weighted by molar-refractivity contribution is -0.385. The zero-order valence-electron chi connectivity index (χ0n) is 9.83. The zero-order valence-corrected chi connectivity index (χ0v) is 9.83. The van der Waals surface area contributed by atoms with Crippen molar-refractivity contribution >= 4 is 11.7 Å². The lowest BCUT2D eigenvalue weighted by atomic mass is 10.1. The van der Waals surface area contributed by atoms with E-state index in [-0.39, 0.29) is 29.2 Å². The van der Waals surface area contributed by atoms with Gasteiger partial charge in [0.2, 0.25) is 0 Å². The minimum atomic E-state index is -0.638. The number of nitrogens with zero attached hydrogens (tertiary/aromatic N) is 1. The van der Waals surface area contributed by atoms with E-state index in [4.69, 9.17) is 4.74 Å². The van der Waals surface area contributed by atoms with Crippen molar-refractivity contribution in [2.75, 3.05) is 6.61 Å². The van der Waals surface area contributed by atoms with Crippen LogP contribution >= 0.6 is 0 Å². The predicted molar refractivity (Wildman–Crippen MR) is 62.2 cm³/mol. The third-order valence-corrected chi connectivity index (χ3v) is 3.02. The number of rotatable bonds is 4. The van der Waals surface area contributed by atoms with Gasteiger partial charge >= 0.3 is 11.7 Å². The highest BCUT2D eigenvalue weighted by Gasteiger charge is 2.47. The van der Waals surface area contributed by atoms with Crippen LogP contribution in [0.5, 0.6) is 5.75 Å². The summed E-state index contributed by atoms with van der Waals surface area (Å²) in [5.41, 5.74) is 0.115. The third kappa shape index (κ3) is 2.13. The average Bonchev–Trinajstić information content (AvgIpc) is 3.09. The number of phenolic OH excluding ortho intramolecular Hbond substituents is 1. The number of benzene rings is 1. The van der Waals surface area contributed by atoms with E-state index in [0.29, 0.717) is 18.6 Å². The van der Waals surface area contributed by atoms with Crippen LogP contribution in [0.1, 0.15) is 24.8 Å². The number of esters is 1. The van der Waals surface area contributed by atoms with Crippen molar-refractivity contribution in [1.82, 2.24) is 0 Å². The maximum atomic E-state index is 11.5. The van der Waals surface area contributed by atoms with Gasteiger partial charge in [0.25, 0.3) is 0 Å². The molecule has 18 heavy (non-hydrogen) atoms. The van der Waals surface area contributed by atoms with E-state index in [2.05, 4.69) is 0 Å². The normalized spacial score (nSPS) is 21.4. The van der Waals surface area contributed by atoms with Gasteiger partial charge in [0, 0.05) is 17.5 Å². The maximum absolute atomic E-state index is 11.5. The van der Waals surface area contributed by atoms with Gasteiger partial charge in [-0.25, -0.2) is 0 Å². The van der Waals surface area contributed by atoms with Gasteiger partial charge in [0.1, 0.15) is 0 Å². The first-order chi connectivity index (χ1) is 8.56. The molecule has 6 nitrogen and oxygen atoms in total. The zero-order chi connectivity index (χ0) is 13.3. The van der Waals surface area contributed by atoms with Crippen molar-refractivity contribution in [3.05, 3.63) is 33.9 Å². The average molecular weight is 251 g/mol. The van der Waals surface area contributed by atoms with E-state index in [9.17, 15) is 20.0 Å². The van der Waals surface area contributed by atoms with E-state index >= 15 is 0 Å². The van der Waals surface area contributed by atoms with Gasteiger partial charge in [-0.15, -0.1) is 0 Å². The minimum Gasteiger partial charge on any atom is -0.502 e. The molecule has 2 atom stereocenters. The van der Waals surface area contributed by atoms with Crippen molar-refractivity contribution in [2.45, 2.75) is 19.3 Å². The molecule has 0 spiro atoms. The smallest absolute Gasteiger partial charge is 0.310 e. The Morgan fingerprint density at radius 1 is 1.61 bits per heavy atom. The Kier molecular flexibility index (Phi) is 3.18. The summed E-state index contributed by atoms with van der Waals surface area (Å²) in [7, 11) is 0. The molecule has 1 N–H and O–H groups in total. The van der Waals surface area contributed by atoms with Crippen molar-refractivity contribution in [3.8, 4) is 5.75 Å². The number of para-hydroxylation sites is 1. The molecule has 1 saturated carbocycles. The molecule has 0 saturated heterocycles. The summed E-state index contributed by atoms with van der Waals surface area (Å²) in [5.74, 6) is -1.13. The van der Waals surface area contributed by atoms with Crippen LogP contribution in [-0.4, -0.2) is 22.6 Å². The highest BCUT2D eigenvalue weighted by molar-refractivity contribution is 5.78. The SMILES string of the molecule is CCOC(=O)C1CC1c1cccc([N+](=O)[O-])c1O. The Bertz CT molecular complexity index is 499. The minimum absolute atomic E-state index is 0.177. The van der Waals surface area contributed by atoms with Crippen molar-refractivity contribution in [3.63, 3.8) is 0 Å². The number of carbonyl (C=O) groups is 1. The molecule has 0 aromatic heterocycles. The summed E-state index contributed by atoms with van der Waals surface area (Å²) >= 11 is 0. The van der Waals surface area contributed by atoms with Crippen LogP contribution in [0, 0.1) is 16.0 Å². The molecule has 0 radical (unpaired) electrons. The lowest BCUT2D eigenvalue weighted by Crippen LogP contribution is -2.07. The number of carbonyl (C=O) groups excluding carboxylic acids is 1. The Hall–Kier alpha value is -2.11. The monoisotopic (exact) mass is 251 g/mol. The molecule has 0 amide bonds. The summed E-state index contributed by atoms with van der Waals surface area (Å²) in [5, 5.41) is 20.5. The first-order valence-electron chi connectivity index (χ1n) is 5.69. The molecule has 2 rings (SSSR count). The van der Waals surface area contributed by atoms with Crippen LogP contribution in [0.2, 0.25) is 0 Å². The number of aromatic hydroxyl groups is 1. The summed E-state index contributed by atoms with van der Waals surface area (Å²) in [6.07, 6.45) is 0.563. The molecule has 1 aromatic rings. The second-order valence-electron chi connectivity index (χ2n) is 4.17. The van der Waals surface area contributed by atoms with Crippen LogP contribution in [0.4, 0.5) is 5.69 Å². The molecule has 0 heterocycles. The van der Waals surface area contributed by atoms with Gasteiger partial charge in [-0.3, -0.25) is 14.9 Å². The van der Waals surface area contributed by atoms with Crippen LogP contribution in [0.25, 0.3) is 0 Å². The largest absolute Gasteiger partial charge is 0.502 e. The summed E-state index contributed by atoms with van der Waals surface area (Å²) < 4.78 is 4.88. The maximum Gasteiger partial charge on any atom is 0.310 e. The summed E-state index contributed by atoms with van der Waals surface area (Å²) in [4.78, 5) is 21.5.